The minimum Gasteiger partial charge on any atom is -0.425 e. The zero-order chi connectivity index (χ0) is 15.1. The lowest BCUT2D eigenvalue weighted by atomic mass is 10.3. The van der Waals surface area contributed by atoms with Crippen LogP contribution in [-0.2, 0) is 0 Å². The van der Waals surface area contributed by atoms with Gasteiger partial charge in [0.25, 0.3) is 0 Å². The molecule has 0 atom stereocenters. The third-order valence-corrected chi connectivity index (χ3v) is 2.72. The summed E-state index contributed by atoms with van der Waals surface area (Å²) in [6, 6.07) is 17.0. The highest BCUT2D eigenvalue weighted by Gasteiger charge is 2.03. The fourth-order valence-corrected chi connectivity index (χ4v) is 1.67. The molecule has 5 nitrogen and oxygen atoms in total. The van der Waals surface area contributed by atoms with Crippen molar-refractivity contribution in [2.45, 2.75) is 0 Å². The molecule has 0 amide bonds. The summed E-state index contributed by atoms with van der Waals surface area (Å²) in [5.74, 6) is 0.615. The zero-order valence-corrected chi connectivity index (χ0v) is 11.9. The number of hydrogen-bond acceptors (Lipinski definition) is 4. The minimum absolute atomic E-state index is 0.140. The Hall–Kier alpha value is -3.00. The molecule has 0 aliphatic rings. The van der Waals surface area contributed by atoms with Crippen molar-refractivity contribution in [1.29, 1.82) is 5.26 Å². The van der Waals surface area contributed by atoms with Crippen molar-refractivity contribution in [3.05, 3.63) is 54.6 Å². The van der Waals surface area contributed by atoms with Crippen LogP contribution < -0.4 is 15.0 Å². The van der Waals surface area contributed by atoms with Gasteiger partial charge in [0, 0.05) is 19.8 Å². The zero-order valence-electron chi connectivity index (χ0n) is 11.9. The predicted octanol–water partition coefficient (Wildman–Crippen LogP) is 2.89. The van der Waals surface area contributed by atoms with E-state index in [4.69, 9.17) is 10.00 Å². The van der Waals surface area contributed by atoms with Crippen LogP contribution in [-0.4, -0.2) is 20.1 Å². The van der Waals surface area contributed by atoms with E-state index in [0.29, 0.717) is 11.4 Å². The molecule has 106 valence electrons. The third kappa shape index (κ3) is 4.25. The molecule has 0 spiro atoms. The average molecular weight is 280 g/mol. The van der Waals surface area contributed by atoms with Gasteiger partial charge in [-0.25, -0.2) is 5.32 Å². The van der Waals surface area contributed by atoms with Crippen LogP contribution in [0.2, 0.25) is 0 Å². The number of nitrogens with one attached hydrogen (secondary N) is 1. The second-order valence-corrected chi connectivity index (χ2v) is 4.48. The van der Waals surface area contributed by atoms with Crippen LogP contribution in [0.4, 0.5) is 11.4 Å². The van der Waals surface area contributed by atoms with Gasteiger partial charge < -0.3 is 9.64 Å². The molecule has 0 fully saturated rings. The van der Waals surface area contributed by atoms with Crippen LogP contribution in [0.15, 0.2) is 59.6 Å². The predicted molar refractivity (Wildman–Crippen MR) is 83.7 cm³/mol. The summed E-state index contributed by atoms with van der Waals surface area (Å²) >= 11 is 0. The van der Waals surface area contributed by atoms with Crippen molar-refractivity contribution >= 4 is 17.4 Å². The number of para-hydroxylation sites is 1. The van der Waals surface area contributed by atoms with Gasteiger partial charge in [-0.15, -0.1) is 0 Å². The van der Waals surface area contributed by atoms with E-state index in [9.17, 15) is 0 Å². The van der Waals surface area contributed by atoms with E-state index in [1.54, 1.807) is 12.1 Å². The number of nitriles is 1. The topological polar surface area (TPSA) is 60.7 Å². The Balaban J connectivity index is 2.19. The minimum atomic E-state index is 0.140. The summed E-state index contributed by atoms with van der Waals surface area (Å²) < 4.78 is 5.54. The Bertz CT molecular complexity index is 642. The van der Waals surface area contributed by atoms with E-state index in [1.165, 1.54) is 0 Å². The summed E-state index contributed by atoms with van der Waals surface area (Å²) in [5, 5.41) is 11.2. The molecule has 0 heterocycles. The molecular weight excluding hydrogens is 264 g/mol. The molecular formula is C16H16N4O. The molecule has 0 unspecified atom stereocenters. The van der Waals surface area contributed by atoms with Gasteiger partial charge >= 0.3 is 6.02 Å². The number of rotatable bonds is 3. The van der Waals surface area contributed by atoms with Crippen molar-refractivity contribution in [1.82, 2.24) is 5.32 Å². The van der Waals surface area contributed by atoms with Crippen molar-refractivity contribution in [3.63, 3.8) is 0 Å². The number of benzene rings is 2. The van der Waals surface area contributed by atoms with Gasteiger partial charge in [-0.2, -0.15) is 10.3 Å². The molecule has 21 heavy (non-hydrogen) atoms. The van der Waals surface area contributed by atoms with Gasteiger partial charge in [0.05, 0.1) is 5.69 Å². The van der Waals surface area contributed by atoms with Gasteiger partial charge in [-0.1, -0.05) is 18.2 Å². The fraction of sp³-hybridized carbons (Fsp3) is 0.125. The SMILES string of the molecule is CN(C)c1ccc(N=C(NC#N)Oc2ccccc2)cc1. The first-order valence-corrected chi connectivity index (χ1v) is 6.43. The number of ether oxygens (including phenoxy) is 1. The van der Waals surface area contributed by atoms with Crippen LogP contribution in [0.25, 0.3) is 0 Å². The summed E-state index contributed by atoms with van der Waals surface area (Å²) in [5.41, 5.74) is 1.78. The van der Waals surface area contributed by atoms with Gasteiger partial charge in [-0.3, -0.25) is 0 Å². The molecule has 2 aromatic rings. The van der Waals surface area contributed by atoms with Crippen molar-refractivity contribution in [2.24, 2.45) is 4.99 Å². The standard InChI is InChI=1S/C16H16N4O/c1-20(2)14-10-8-13(9-11-14)19-16(18-12-17)21-15-6-4-3-5-7-15/h3-11H,1-2H3,(H,18,19). The Labute approximate surface area is 124 Å². The molecule has 2 rings (SSSR count). The van der Waals surface area contributed by atoms with E-state index in [0.717, 1.165) is 5.69 Å². The second kappa shape index (κ2) is 6.96. The average Bonchev–Trinajstić information content (AvgIpc) is 2.49. The lowest BCUT2D eigenvalue weighted by Crippen LogP contribution is -2.23. The normalized spacial score (nSPS) is 10.6. The molecule has 1 N–H and O–H groups in total. The first kappa shape index (κ1) is 14.4. The van der Waals surface area contributed by atoms with Crippen LogP contribution in [0.5, 0.6) is 5.75 Å². The van der Waals surface area contributed by atoms with Gasteiger partial charge in [0.1, 0.15) is 5.75 Å². The smallest absolute Gasteiger partial charge is 0.309 e. The van der Waals surface area contributed by atoms with Crippen LogP contribution in [0.3, 0.4) is 0 Å². The highest BCUT2D eigenvalue weighted by atomic mass is 16.5. The first-order valence-electron chi connectivity index (χ1n) is 6.43. The molecule has 2 aromatic carbocycles. The van der Waals surface area contributed by atoms with Gasteiger partial charge in [0.15, 0.2) is 6.19 Å². The van der Waals surface area contributed by atoms with E-state index in [-0.39, 0.29) is 6.02 Å². The van der Waals surface area contributed by atoms with Crippen molar-refractivity contribution in [3.8, 4) is 11.9 Å². The van der Waals surface area contributed by atoms with Crippen LogP contribution in [0, 0.1) is 11.5 Å². The molecule has 0 aromatic heterocycles. The molecule has 0 saturated carbocycles. The van der Waals surface area contributed by atoms with E-state index in [1.807, 2.05) is 67.7 Å². The van der Waals surface area contributed by atoms with Crippen LogP contribution >= 0.6 is 0 Å². The largest absolute Gasteiger partial charge is 0.425 e. The summed E-state index contributed by atoms with van der Waals surface area (Å²) in [6.07, 6.45) is 1.82. The second-order valence-electron chi connectivity index (χ2n) is 4.48. The van der Waals surface area contributed by atoms with E-state index in [2.05, 4.69) is 10.3 Å². The quantitative estimate of drug-likeness (QED) is 0.406. The van der Waals surface area contributed by atoms with Crippen molar-refractivity contribution in [2.75, 3.05) is 19.0 Å². The molecule has 0 saturated heterocycles. The maximum atomic E-state index is 8.78. The number of anilines is 1. The lowest BCUT2D eigenvalue weighted by molar-refractivity contribution is 0.531. The number of amidine groups is 1. The monoisotopic (exact) mass is 280 g/mol. The molecule has 0 radical (unpaired) electrons. The highest BCUT2D eigenvalue weighted by molar-refractivity contribution is 5.80. The summed E-state index contributed by atoms with van der Waals surface area (Å²) in [7, 11) is 3.94. The summed E-state index contributed by atoms with van der Waals surface area (Å²) in [4.78, 5) is 6.29. The third-order valence-electron chi connectivity index (χ3n) is 2.72. The Morgan fingerprint density at radius 2 is 1.76 bits per heavy atom. The molecule has 0 aliphatic carbocycles. The maximum Gasteiger partial charge on any atom is 0.309 e. The molecule has 0 aliphatic heterocycles. The number of aliphatic imine (C=N–C) groups is 1. The van der Waals surface area contributed by atoms with E-state index < -0.39 is 0 Å². The van der Waals surface area contributed by atoms with Crippen LogP contribution in [0.1, 0.15) is 0 Å². The summed E-state index contributed by atoms with van der Waals surface area (Å²) in [6.45, 7) is 0. The first-order chi connectivity index (χ1) is 10.2. The fourth-order valence-electron chi connectivity index (χ4n) is 1.67. The lowest BCUT2D eigenvalue weighted by Gasteiger charge is -2.12. The number of nitrogens with zero attached hydrogens (tertiary/aromatic N) is 3. The Morgan fingerprint density at radius 1 is 1.10 bits per heavy atom. The Kier molecular flexibility index (Phi) is 4.78. The molecule has 5 heteroatoms. The highest BCUT2D eigenvalue weighted by Crippen LogP contribution is 2.18. The van der Waals surface area contributed by atoms with Gasteiger partial charge in [0.2, 0.25) is 0 Å². The molecule has 0 bridgehead atoms. The van der Waals surface area contributed by atoms with Crippen molar-refractivity contribution < 1.29 is 4.74 Å². The van der Waals surface area contributed by atoms with Gasteiger partial charge in [-0.05, 0) is 36.4 Å². The maximum absolute atomic E-state index is 8.78. The number of hydrogen-bond donors (Lipinski definition) is 1. The Morgan fingerprint density at radius 3 is 2.33 bits per heavy atom. The van der Waals surface area contributed by atoms with E-state index >= 15 is 0 Å².